The molecule has 0 aromatic heterocycles. The highest BCUT2D eigenvalue weighted by molar-refractivity contribution is 5.76. The Morgan fingerprint density at radius 1 is 0.439 bits per heavy atom. The van der Waals surface area contributed by atoms with Crippen LogP contribution in [-0.4, -0.2) is 34.9 Å². The van der Waals surface area contributed by atoms with E-state index >= 15 is 0 Å². The second-order valence-electron chi connectivity index (χ2n) is 16.5. The average Bonchev–Trinajstić information content (AvgIpc) is 3.22. The van der Waals surface area contributed by atoms with Crippen molar-refractivity contribution in [2.75, 3.05) is 6.61 Å². The van der Waals surface area contributed by atoms with E-state index < -0.39 is 12.1 Å². The third kappa shape index (κ3) is 44.8. The summed E-state index contributed by atoms with van der Waals surface area (Å²) in [5.41, 5.74) is 0. The number of hydrogen-bond acceptors (Lipinski definition) is 3. The number of rotatable bonds is 44. The molecule has 0 aliphatic carbocycles. The predicted molar refractivity (Wildman–Crippen MR) is 253 cm³/mol. The Kier molecular flexibility index (Phi) is 46.4. The normalized spacial score (nSPS) is 13.5. The summed E-state index contributed by atoms with van der Waals surface area (Å²) in [7, 11) is 0. The number of aliphatic hydroxyl groups is 2. The van der Waals surface area contributed by atoms with Gasteiger partial charge in [-0.2, -0.15) is 0 Å². The summed E-state index contributed by atoms with van der Waals surface area (Å²) in [5, 5.41) is 22.9. The lowest BCUT2D eigenvalue weighted by atomic mass is 10.0. The zero-order valence-corrected chi connectivity index (χ0v) is 37.8. The van der Waals surface area contributed by atoms with Crippen LogP contribution in [0, 0.1) is 0 Å². The first kappa shape index (κ1) is 54.8. The second kappa shape index (κ2) is 48.2. The van der Waals surface area contributed by atoms with E-state index in [4.69, 9.17) is 0 Å². The smallest absolute Gasteiger partial charge is 0.220 e. The first-order valence-corrected chi connectivity index (χ1v) is 24.7. The summed E-state index contributed by atoms with van der Waals surface area (Å²) >= 11 is 0. The molecule has 2 atom stereocenters. The maximum atomic E-state index is 12.4. The van der Waals surface area contributed by atoms with E-state index in [1.54, 1.807) is 6.08 Å². The standard InChI is InChI=1S/C53H95NO3/c1-3-5-7-9-11-13-15-16-17-18-19-20-21-22-23-24-25-26-27-28-29-30-31-32-33-34-35-36-37-38-39-41-43-45-47-49-53(57)54-51(50-55)52(56)48-46-44-42-40-14-12-10-8-6-4-2/h6,8,14-16,18-19,21-22,40,46,48,51-52,55-56H,3-5,7,9-13,17,20,23-39,41-45,47,49-50H2,1-2H3,(H,54,57)/b8-6+,16-15-,19-18-,22-21-,40-14+,48-46+. The van der Waals surface area contributed by atoms with Crippen molar-refractivity contribution in [3.63, 3.8) is 0 Å². The van der Waals surface area contributed by atoms with E-state index in [9.17, 15) is 15.0 Å². The van der Waals surface area contributed by atoms with Crippen molar-refractivity contribution >= 4 is 5.91 Å². The third-order valence-corrected chi connectivity index (χ3v) is 10.9. The van der Waals surface area contributed by atoms with Gasteiger partial charge in [0.25, 0.3) is 0 Å². The molecular weight excluding hydrogens is 699 g/mol. The van der Waals surface area contributed by atoms with Gasteiger partial charge in [-0.05, 0) is 77.0 Å². The Morgan fingerprint density at radius 3 is 1.21 bits per heavy atom. The molecule has 0 aromatic rings. The van der Waals surface area contributed by atoms with Crippen LogP contribution in [0.25, 0.3) is 0 Å². The van der Waals surface area contributed by atoms with Crippen LogP contribution in [0.3, 0.4) is 0 Å². The number of unbranched alkanes of at least 4 members (excludes halogenated alkanes) is 27. The summed E-state index contributed by atoms with van der Waals surface area (Å²) in [6.45, 7) is 4.16. The van der Waals surface area contributed by atoms with Crippen LogP contribution in [-0.2, 0) is 4.79 Å². The van der Waals surface area contributed by atoms with Gasteiger partial charge in [0, 0.05) is 6.42 Å². The average molecular weight is 794 g/mol. The topological polar surface area (TPSA) is 69.6 Å². The van der Waals surface area contributed by atoms with Crippen molar-refractivity contribution in [2.24, 2.45) is 0 Å². The monoisotopic (exact) mass is 794 g/mol. The number of allylic oxidation sites excluding steroid dienone is 11. The maximum Gasteiger partial charge on any atom is 0.220 e. The van der Waals surface area contributed by atoms with Gasteiger partial charge >= 0.3 is 0 Å². The molecule has 0 fully saturated rings. The van der Waals surface area contributed by atoms with Crippen LogP contribution in [0.5, 0.6) is 0 Å². The van der Waals surface area contributed by atoms with Crippen molar-refractivity contribution in [3.05, 3.63) is 72.9 Å². The van der Waals surface area contributed by atoms with Crippen LogP contribution in [0.4, 0.5) is 0 Å². The van der Waals surface area contributed by atoms with E-state index in [1.807, 2.05) is 6.08 Å². The largest absolute Gasteiger partial charge is 0.394 e. The Morgan fingerprint density at radius 2 is 0.789 bits per heavy atom. The Bertz CT molecular complexity index is 992. The maximum absolute atomic E-state index is 12.4. The van der Waals surface area contributed by atoms with Crippen LogP contribution >= 0.6 is 0 Å². The highest BCUT2D eigenvalue weighted by Crippen LogP contribution is 2.16. The van der Waals surface area contributed by atoms with E-state index in [0.717, 1.165) is 57.8 Å². The summed E-state index contributed by atoms with van der Waals surface area (Å²) in [6, 6.07) is -0.645. The fourth-order valence-corrected chi connectivity index (χ4v) is 7.17. The zero-order valence-electron chi connectivity index (χ0n) is 37.8. The van der Waals surface area contributed by atoms with Crippen LogP contribution in [0.15, 0.2) is 72.9 Å². The summed E-state index contributed by atoms with van der Waals surface area (Å²) in [5.74, 6) is -0.0804. The molecule has 4 nitrogen and oxygen atoms in total. The molecule has 0 aliphatic rings. The Hall–Kier alpha value is -2.17. The van der Waals surface area contributed by atoms with Crippen molar-refractivity contribution in [3.8, 4) is 0 Å². The molecule has 0 radical (unpaired) electrons. The van der Waals surface area contributed by atoms with Crippen molar-refractivity contribution < 1.29 is 15.0 Å². The molecular formula is C53H95NO3. The van der Waals surface area contributed by atoms with Gasteiger partial charge in [0.1, 0.15) is 0 Å². The zero-order chi connectivity index (χ0) is 41.4. The van der Waals surface area contributed by atoms with Crippen LogP contribution in [0.2, 0.25) is 0 Å². The lowest BCUT2D eigenvalue weighted by molar-refractivity contribution is -0.123. The molecule has 57 heavy (non-hydrogen) atoms. The predicted octanol–water partition coefficient (Wildman–Crippen LogP) is 15.9. The van der Waals surface area contributed by atoms with E-state index in [2.05, 4.69) is 79.9 Å². The number of hydrogen-bond donors (Lipinski definition) is 3. The SMILES string of the molecule is CC/C=C/CC/C=C/CC/C=C/C(O)C(CO)NC(=O)CCCCCCCCCCCCCCCCCCCCCC/C=C\C/C=C\C/C=C\CCCCCCC. The molecule has 1 amide bonds. The minimum Gasteiger partial charge on any atom is -0.394 e. The molecule has 0 saturated carbocycles. The van der Waals surface area contributed by atoms with Gasteiger partial charge in [-0.15, -0.1) is 0 Å². The fraction of sp³-hybridized carbons (Fsp3) is 0.755. The number of nitrogens with one attached hydrogen (secondary N) is 1. The summed E-state index contributed by atoms with van der Waals surface area (Å²) in [4.78, 5) is 12.4. The molecule has 0 aromatic carbocycles. The van der Waals surface area contributed by atoms with Gasteiger partial charge in [-0.3, -0.25) is 4.79 Å². The molecule has 0 spiro atoms. The van der Waals surface area contributed by atoms with Crippen LogP contribution in [0.1, 0.15) is 239 Å². The fourth-order valence-electron chi connectivity index (χ4n) is 7.17. The first-order chi connectivity index (χ1) is 28.2. The van der Waals surface area contributed by atoms with Gasteiger partial charge in [0.2, 0.25) is 5.91 Å². The molecule has 0 heterocycles. The summed E-state index contributed by atoms with van der Waals surface area (Å²) < 4.78 is 0. The van der Waals surface area contributed by atoms with Crippen molar-refractivity contribution in [1.29, 1.82) is 0 Å². The lowest BCUT2D eigenvalue weighted by Crippen LogP contribution is -2.45. The minimum atomic E-state index is -0.869. The number of carbonyl (C=O) groups excluding carboxylic acids is 1. The van der Waals surface area contributed by atoms with Gasteiger partial charge < -0.3 is 15.5 Å². The van der Waals surface area contributed by atoms with Gasteiger partial charge in [0.05, 0.1) is 18.8 Å². The van der Waals surface area contributed by atoms with Gasteiger partial charge in [-0.1, -0.05) is 228 Å². The summed E-state index contributed by atoms with van der Waals surface area (Å²) in [6.07, 6.45) is 69.2. The molecule has 3 N–H and O–H groups in total. The minimum absolute atomic E-state index is 0.0804. The van der Waals surface area contributed by atoms with Gasteiger partial charge in [0.15, 0.2) is 0 Å². The molecule has 0 saturated heterocycles. The van der Waals surface area contributed by atoms with E-state index in [-0.39, 0.29) is 12.5 Å². The third-order valence-electron chi connectivity index (χ3n) is 10.9. The van der Waals surface area contributed by atoms with Gasteiger partial charge in [-0.25, -0.2) is 0 Å². The molecule has 0 aliphatic heterocycles. The molecule has 2 unspecified atom stereocenters. The first-order valence-electron chi connectivity index (χ1n) is 24.7. The highest BCUT2D eigenvalue weighted by Gasteiger charge is 2.17. The Labute approximate surface area is 355 Å². The quantitative estimate of drug-likeness (QED) is 0.0425. The van der Waals surface area contributed by atoms with Crippen molar-refractivity contribution in [2.45, 2.75) is 251 Å². The highest BCUT2D eigenvalue weighted by atomic mass is 16.3. The molecule has 4 heteroatoms. The molecule has 0 rings (SSSR count). The van der Waals surface area contributed by atoms with E-state index in [0.29, 0.717) is 6.42 Å². The number of aliphatic hydroxyl groups excluding tert-OH is 2. The Balaban J connectivity index is 3.44. The lowest BCUT2D eigenvalue weighted by Gasteiger charge is -2.19. The molecule has 330 valence electrons. The number of amides is 1. The van der Waals surface area contributed by atoms with E-state index in [1.165, 1.54) is 161 Å². The van der Waals surface area contributed by atoms with Crippen LogP contribution < -0.4 is 5.32 Å². The molecule has 0 bridgehead atoms. The van der Waals surface area contributed by atoms with Crippen molar-refractivity contribution in [1.82, 2.24) is 5.32 Å². The second-order valence-corrected chi connectivity index (χ2v) is 16.5. The number of carbonyl (C=O) groups is 1.